The summed E-state index contributed by atoms with van der Waals surface area (Å²) in [7, 11) is -3.51. The lowest BCUT2D eigenvalue weighted by Crippen LogP contribution is -2.25. The highest BCUT2D eigenvalue weighted by Gasteiger charge is 2.09. The van der Waals surface area contributed by atoms with E-state index in [1.807, 2.05) is 0 Å². The van der Waals surface area contributed by atoms with Gasteiger partial charge in [0.25, 0.3) is 0 Å². The van der Waals surface area contributed by atoms with Crippen LogP contribution in [0.25, 0.3) is 0 Å². The Morgan fingerprint density at radius 1 is 1.69 bits per heavy atom. The van der Waals surface area contributed by atoms with E-state index < -0.39 is 15.8 Å². The minimum atomic E-state index is -3.51. The van der Waals surface area contributed by atoms with Crippen LogP contribution in [0.3, 0.4) is 0 Å². The molecule has 0 radical (unpaired) electrons. The molecule has 0 aliphatic heterocycles. The molecule has 0 fully saturated rings. The maximum absolute atomic E-state index is 10.9. The number of hydrogen-bond acceptors (Lipinski definition) is 5. The molecule has 0 unspecified atom stereocenters. The summed E-state index contributed by atoms with van der Waals surface area (Å²) >= 11 is 0. The lowest BCUT2D eigenvalue weighted by atomic mass is 10.5. The van der Waals surface area contributed by atoms with Crippen molar-refractivity contribution >= 4 is 10.0 Å². The van der Waals surface area contributed by atoms with Gasteiger partial charge >= 0.3 is 0 Å². The van der Waals surface area contributed by atoms with Crippen molar-refractivity contribution in [3.8, 4) is 6.07 Å². The quantitative estimate of drug-likeness (QED) is 0.716. The van der Waals surface area contributed by atoms with E-state index in [0.717, 1.165) is 0 Å². The average Bonchev–Trinajstić information content (AvgIpc) is 2.52. The molecule has 0 saturated carbocycles. The molecule has 0 atom stereocenters. The fraction of sp³-hybridized carbons (Fsp3) is 0.333. The second kappa shape index (κ2) is 4.02. The molecule has 0 bridgehead atoms. The first kappa shape index (κ1) is 9.70. The number of rotatable bonds is 4. The molecule has 6 nitrogen and oxygen atoms in total. The number of aromatic nitrogens is 1. The summed E-state index contributed by atoms with van der Waals surface area (Å²) in [4.78, 5) is 0. The van der Waals surface area contributed by atoms with Gasteiger partial charge in [0.2, 0.25) is 10.0 Å². The first-order valence-electron chi connectivity index (χ1n) is 3.38. The number of sulfonamides is 1. The molecule has 1 rings (SSSR count). The predicted molar refractivity (Wildman–Crippen MR) is 42.7 cm³/mol. The molecule has 0 amide bonds. The van der Waals surface area contributed by atoms with Crippen LogP contribution in [0.4, 0.5) is 0 Å². The van der Waals surface area contributed by atoms with Crippen LogP contribution in [-0.4, -0.2) is 19.3 Å². The van der Waals surface area contributed by atoms with Crippen LogP contribution in [0, 0.1) is 11.3 Å². The number of hydrogen-bond donors (Lipinski definition) is 1. The van der Waals surface area contributed by atoms with Gasteiger partial charge in [-0.25, -0.2) is 13.1 Å². The third kappa shape index (κ3) is 3.23. The highest BCUT2D eigenvalue weighted by molar-refractivity contribution is 7.89. The Balaban J connectivity index is 2.49. The van der Waals surface area contributed by atoms with E-state index in [0.29, 0.717) is 5.76 Å². The summed E-state index contributed by atoms with van der Waals surface area (Å²) in [6.07, 6.45) is 1.41. The van der Waals surface area contributed by atoms with Crippen LogP contribution in [-0.2, 0) is 16.6 Å². The molecule has 1 aromatic heterocycles. The Labute approximate surface area is 75.2 Å². The molecule has 7 heteroatoms. The first-order chi connectivity index (χ1) is 6.14. The maximum atomic E-state index is 10.9. The van der Waals surface area contributed by atoms with E-state index in [1.165, 1.54) is 12.3 Å². The maximum Gasteiger partial charge on any atom is 0.225 e. The molecule has 1 N–H and O–H groups in total. The minimum Gasteiger partial charge on any atom is -0.360 e. The van der Waals surface area contributed by atoms with Crippen molar-refractivity contribution in [1.29, 1.82) is 5.26 Å². The monoisotopic (exact) mass is 201 g/mol. The summed E-state index contributed by atoms with van der Waals surface area (Å²) in [6.45, 7) is 0.0179. The van der Waals surface area contributed by atoms with Gasteiger partial charge in [0.1, 0.15) is 0 Å². The van der Waals surface area contributed by atoms with Crippen LogP contribution < -0.4 is 4.72 Å². The lowest BCUT2D eigenvalue weighted by Gasteiger charge is -1.98. The van der Waals surface area contributed by atoms with Crippen LogP contribution in [0.5, 0.6) is 0 Å². The summed E-state index contributed by atoms with van der Waals surface area (Å²) in [5.41, 5.74) is 0. The summed E-state index contributed by atoms with van der Waals surface area (Å²) in [5, 5.41) is 11.5. The molecule has 1 aromatic rings. The van der Waals surface area contributed by atoms with E-state index in [4.69, 9.17) is 5.26 Å². The standard InChI is InChI=1S/C6H7N3O3S/c7-2-4-13(10,11)9-5-6-1-3-8-12-6/h1,3,9H,4-5H2. The Bertz CT molecular complexity index is 389. The van der Waals surface area contributed by atoms with E-state index in [1.54, 1.807) is 6.07 Å². The molecule has 0 saturated heterocycles. The third-order valence-corrected chi connectivity index (χ3v) is 2.31. The zero-order valence-electron chi connectivity index (χ0n) is 6.60. The molecule has 0 aromatic carbocycles. The van der Waals surface area contributed by atoms with Crippen molar-refractivity contribution in [3.63, 3.8) is 0 Å². The SMILES string of the molecule is N#CCS(=O)(=O)NCc1ccno1. The average molecular weight is 201 g/mol. The summed E-state index contributed by atoms with van der Waals surface area (Å²) in [6, 6.07) is 3.08. The van der Waals surface area contributed by atoms with Crippen molar-refractivity contribution in [2.45, 2.75) is 6.54 Å². The van der Waals surface area contributed by atoms with E-state index >= 15 is 0 Å². The third-order valence-electron chi connectivity index (χ3n) is 1.21. The number of nitriles is 1. The van der Waals surface area contributed by atoms with Crippen molar-refractivity contribution in [1.82, 2.24) is 9.88 Å². The highest BCUT2D eigenvalue weighted by atomic mass is 32.2. The van der Waals surface area contributed by atoms with Crippen molar-refractivity contribution in [2.24, 2.45) is 0 Å². The fourth-order valence-electron chi connectivity index (χ4n) is 0.650. The molecule has 1 heterocycles. The Kier molecular flexibility index (Phi) is 3.00. The molecule has 0 aliphatic rings. The van der Waals surface area contributed by atoms with Gasteiger partial charge in [0.05, 0.1) is 18.8 Å². The largest absolute Gasteiger partial charge is 0.360 e. The van der Waals surface area contributed by atoms with E-state index in [9.17, 15) is 8.42 Å². The van der Waals surface area contributed by atoms with E-state index in [-0.39, 0.29) is 6.54 Å². The zero-order chi connectivity index (χ0) is 9.73. The van der Waals surface area contributed by atoms with Gasteiger partial charge in [-0.05, 0) is 0 Å². The normalized spacial score (nSPS) is 11.0. The summed E-state index contributed by atoms with van der Waals surface area (Å²) < 4.78 is 28.7. The van der Waals surface area contributed by atoms with Gasteiger partial charge in [0.15, 0.2) is 11.5 Å². The topological polar surface area (TPSA) is 96.0 Å². The van der Waals surface area contributed by atoms with Gasteiger partial charge in [-0.2, -0.15) is 5.26 Å². The molecule has 13 heavy (non-hydrogen) atoms. The van der Waals surface area contributed by atoms with Crippen molar-refractivity contribution in [3.05, 3.63) is 18.0 Å². The van der Waals surface area contributed by atoms with Crippen molar-refractivity contribution in [2.75, 3.05) is 5.75 Å². The van der Waals surface area contributed by atoms with Crippen molar-refractivity contribution < 1.29 is 12.9 Å². The van der Waals surface area contributed by atoms with Gasteiger partial charge < -0.3 is 4.52 Å². The Morgan fingerprint density at radius 2 is 2.46 bits per heavy atom. The van der Waals surface area contributed by atoms with Crippen LogP contribution in [0.2, 0.25) is 0 Å². The zero-order valence-corrected chi connectivity index (χ0v) is 7.41. The van der Waals surface area contributed by atoms with Crippen LogP contribution in [0.1, 0.15) is 5.76 Å². The molecule has 0 aliphatic carbocycles. The van der Waals surface area contributed by atoms with Crippen LogP contribution in [0.15, 0.2) is 16.8 Å². The van der Waals surface area contributed by atoms with E-state index in [2.05, 4.69) is 14.4 Å². The second-order valence-electron chi connectivity index (χ2n) is 2.22. The number of nitrogens with zero attached hydrogens (tertiary/aromatic N) is 2. The minimum absolute atomic E-state index is 0.0179. The highest BCUT2D eigenvalue weighted by Crippen LogP contribution is 1.96. The Hall–Kier alpha value is -1.39. The van der Waals surface area contributed by atoms with Gasteiger partial charge in [-0.1, -0.05) is 5.16 Å². The Morgan fingerprint density at radius 3 is 3.00 bits per heavy atom. The molecule has 0 spiro atoms. The van der Waals surface area contributed by atoms with Crippen LogP contribution >= 0.6 is 0 Å². The summed E-state index contributed by atoms with van der Waals surface area (Å²) in [5.74, 6) is -0.150. The van der Waals surface area contributed by atoms with Gasteiger partial charge in [0, 0.05) is 6.07 Å². The molecule has 70 valence electrons. The first-order valence-corrected chi connectivity index (χ1v) is 5.03. The second-order valence-corrected chi connectivity index (χ2v) is 4.02. The lowest BCUT2D eigenvalue weighted by molar-refractivity contribution is 0.380. The van der Waals surface area contributed by atoms with Gasteiger partial charge in [-0.15, -0.1) is 0 Å². The molecular formula is C6H7N3O3S. The molecular weight excluding hydrogens is 194 g/mol. The predicted octanol–water partition coefficient (Wildman–Crippen LogP) is -0.382. The number of nitrogens with one attached hydrogen (secondary N) is 1. The van der Waals surface area contributed by atoms with Gasteiger partial charge in [-0.3, -0.25) is 0 Å². The fourth-order valence-corrected chi connectivity index (χ4v) is 1.28. The smallest absolute Gasteiger partial charge is 0.225 e.